The fraction of sp³-hybridized carbons (Fsp3) is 0.0588. The van der Waals surface area contributed by atoms with Crippen LogP contribution in [0.4, 0.5) is 10.8 Å². The van der Waals surface area contributed by atoms with Gasteiger partial charge in [0.15, 0.2) is 5.13 Å². The van der Waals surface area contributed by atoms with Crippen LogP contribution in [0.1, 0.15) is 22.8 Å². The van der Waals surface area contributed by atoms with Crippen molar-refractivity contribution in [1.29, 1.82) is 0 Å². The van der Waals surface area contributed by atoms with Gasteiger partial charge in [0.1, 0.15) is 5.70 Å². The van der Waals surface area contributed by atoms with Crippen LogP contribution >= 0.6 is 69.5 Å². The molecule has 1 heterocycles. The summed E-state index contributed by atoms with van der Waals surface area (Å²) in [7, 11) is 0. The van der Waals surface area contributed by atoms with Gasteiger partial charge in [0.25, 0.3) is 11.8 Å². The standard InChI is InChI=1S/C34H24Cl4N4O3S2/c1-19(31(43)42-34-41-30(18-46-34)24-15-10-21(35)16-28(24)38)47-23-13-11-22(12-14-23)39-33(45)29(17-25-26(36)8-5-9-27(25)37)40-32(44)20-6-3-2-4-7-20/h2-19H,1H3,(H,39,45)(H,40,44)(H,41,42,43)/b29-17-. The summed E-state index contributed by atoms with van der Waals surface area (Å²) in [6, 6.07) is 25.6. The van der Waals surface area contributed by atoms with Crippen LogP contribution in [-0.4, -0.2) is 28.0 Å². The van der Waals surface area contributed by atoms with E-state index in [4.69, 9.17) is 46.4 Å². The van der Waals surface area contributed by atoms with Gasteiger partial charge in [-0.05, 0) is 79.7 Å². The number of carbonyl (C=O) groups is 3. The van der Waals surface area contributed by atoms with Crippen LogP contribution in [0.15, 0.2) is 107 Å². The second-order valence-corrected chi connectivity index (χ2v) is 13.8. The predicted molar refractivity (Wildman–Crippen MR) is 195 cm³/mol. The van der Waals surface area contributed by atoms with Crippen molar-refractivity contribution >= 4 is 104 Å². The number of carbonyl (C=O) groups excluding carboxylic acids is 3. The van der Waals surface area contributed by atoms with Gasteiger partial charge in [0.2, 0.25) is 5.91 Å². The third-order valence-corrected chi connectivity index (χ3v) is 9.63. The second-order valence-electron chi connectivity index (χ2n) is 9.90. The van der Waals surface area contributed by atoms with E-state index in [9.17, 15) is 14.4 Å². The number of hydrogen-bond donors (Lipinski definition) is 3. The maximum atomic E-state index is 13.4. The minimum absolute atomic E-state index is 0.0544. The van der Waals surface area contributed by atoms with Crippen molar-refractivity contribution in [2.24, 2.45) is 0 Å². The fourth-order valence-corrected chi connectivity index (χ4v) is 6.76. The van der Waals surface area contributed by atoms with Crippen LogP contribution in [0.3, 0.4) is 0 Å². The molecular weight excluding hydrogens is 718 g/mol. The normalized spacial score (nSPS) is 11.9. The predicted octanol–water partition coefficient (Wildman–Crippen LogP) is 9.95. The van der Waals surface area contributed by atoms with Gasteiger partial charge in [-0.15, -0.1) is 23.1 Å². The summed E-state index contributed by atoms with van der Waals surface area (Å²) in [6.45, 7) is 1.78. The molecule has 4 aromatic carbocycles. The Bertz CT molecular complexity index is 1950. The van der Waals surface area contributed by atoms with E-state index < -0.39 is 17.1 Å². The summed E-state index contributed by atoms with van der Waals surface area (Å²) < 4.78 is 0. The Morgan fingerprint density at radius 1 is 0.830 bits per heavy atom. The van der Waals surface area contributed by atoms with Crippen molar-refractivity contribution in [3.8, 4) is 11.3 Å². The lowest BCUT2D eigenvalue weighted by Gasteiger charge is -2.13. The molecular formula is C34H24Cl4N4O3S2. The topological polar surface area (TPSA) is 100 Å². The van der Waals surface area contributed by atoms with E-state index in [1.165, 1.54) is 29.2 Å². The quantitative estimate of drug-likeness (QED) is 0.0978. The van der Waals surface area contributed by atoms with Gasteiger partial charge in [-0.1, -0.05) is 70.7 Å². The highest BCUT2D eigenvalue weighted by Crippen LogP contribution is 2.33. The van der Waals surface area contributed by atoms with E-state index in [2.05, 4.69) is 20.9 Å². The SMILES string of the molecule is CC(Sc1ccc(NC(=O)/C(=C/c2c(Cl)cccc2Cl)NC(=O)c2ccccc2)cc1)C(=O)Nc1nc(-c2ccc(Cl)cc2Cl)cs1. The molecule has 0 aliphatic heterocycles. The maximum Gasteiger partial charge on any atom is 0.272 e. The first-order chi connectivity index (χ1) is 22.6. The van der Waals surface area contributed by atoms with Crippen LogP contribution in [0, 0.1) is 0 Å². The number of aromatic nitrogens is 1. The highest BCUT2D eigenvalue weighted by atomic mass is 35.5. The molecule has 0 saturated heterocycles. The molecule has 1 unspecified atom stereocenters. The molecule has 0 radical (unpaired) electrons. The van der Waals surface area contributed by atoms with Crippen LogP contribution in [-0.2, 0) is 9.59 Å². The lowest BCUT2D eigenvalue weighted by atomic mass is 10.1. The van der Waals surface area contributed by atoms with Gasteiger partial charge in [0, 0.05) is 47.7 Å². The van der Waals surface area contributed by atoms with Crippen molar-refractivity contribution in [3.63, 3.8) is 0 Å². The summed E-state index contributed by atoms with van der Waals surface area (Å²) >= 11 is 27.6. The molecule has 47 heavy (non-hydrogen) atoms. The van der Waals surface area contributed by atoms with Gasteiger partial charge < -0.3 is 16.0 Å². The molecule has 7 nitrogen and oxygen atoms in total. The van der Waals surface area contributed by atoms with Crippen LogP contribution in [0.5, 0.6) is 0 Å². The Morgan fingerprint density at radius 2 is 1.53 bits per heavy atom. The summed E-state index contributed by atoms with van der Waals surface area (Å²) in [5, 5.41) is 11.8. The zero-order chi connectivity index (χ0) is 33.5. The third kappa shape index (κ3) is 9.16. The summed E-state index contributed by atoms with van der Waals surface area (Å²) in [6.07, 6.45) is 1.43. The molecule has 0 bridgehead atoms. The van der Waals surface area contributed by atoms with E-state index in [1.807, 2.05) is 5.38 Å². The molecule has 3 amide bonds. The average molecular weight is 743 g/mol. The van der Waals surface area contributed by atoms with Crippen molar-refractivity contribution in [2.75, 3.05) is 10.6 Å². The summed E-state index contributed by atoms with van der Waals surface area (Å²) in [4.78, 5) is 44.5. The number of thiazole rings is 1. The molecule has 0 fully saturated rings. The highest BCUT2D eigenvalue weighted by Gasteiger charge is 2.19. The molecule has 238 valence electrons. The number of hydrogen-bond acceptors (Lipinski definition) is 6. The molecule has 1 aromatic heterocycles. The highest BCUT2D eigenvalue weighted by molar-refractivity contribution is 8.00. The minimum atomic E-state index is -0.582. The molecule has 5 aromatic rings. The van der Waals surface area contributed by atoms with Crippen molar-refractivity contribution < 1.29 is 14.4 Å². The molecule has 5 rings (SSSR count). The van der Waals surface area contributed by atoms with Crippen LogP contribution in [0.2, 0.25) is 20.1 Å². The van der Waals surface area contributed by atoms with Crippen LogP contribution < -0.4 is 16.0 Å². The zero-order valence-corrected chi connectivity index (χ0v) is 29.0. The second kappa shape index (κ2) is 15.8. The van der Waals surface area contributed by atoms with Crippen LogP contribution in [0.25, 0.3) is 17.3 Å². The minimum Gasteiger partial charge on any atom is -0.321 e. The third-order valence-electron chi connectivity index (χ3n) is 6.55. The first-order valence-electron chi connectivity index (χ1n) is 13.9. The monoisotopic (exact) mass is 740 g/mol. The Morgan fingerprint density at radius 3 is 2.21 bits per heavy atom. The Kier molecular flexibility index (Phi) is 11.6. The largest absolute Gasteiger partial charge is 0.321 e. The first-order valence-corrected chi connectivity index (χ1v) is 17.2. The number of benzene rings is 4. The molecule has 3 N–H and O–H groups in total. The Labute approximate surface area is 299 Å². The zero-order valence-electron chi connectivity index (χ0n) is 24.4. The number of nitrogens with zero attached hydrogens (tertiary/aromatic N) is 1. The lowest BCUT2D eigenvalue weighted by molar-refractivity contribution is -0.115. The number of nitrogens with one attached hydrogen (secondary N) is 3. The van der Waals surface area contributed by atoms with E-state index >= 15 is 0 Å². The number of halogens is 4. The van der Waals surface area contributed by atoms with Crippen molar-refractivity contribution in [3.05, 3.63) is 133 Å². The molecule has 0 saturated carbocycles. The average Bonchev–Trinajstić information content (AvgIpc) is 3.51. The van der Waals surface area contributed by atoms with E-state index in [-0.39, 0.29) is 11.6 Å². The molecule has 0 spiro atoms. The Balaban J connectivity index is 1.23. The molecule has 1 atom stereocenters. The number of anilines is 2. The smallest absolute Gasteiger partial charge is 0.272 e. The van der Waals surface area contributed by atoms with Crippen molar-refractivity contribution in [1.82, 2.24) is 10.3 Å². The summed E-state index contributed by atoms with van der Waals surface area (Å²) in [5.74, 6) is -1.28. The fourth-order valence-electron chi connectivity index (χ4n) is 4.17. The van der Waals surface area contributed by atoms with Gasteiger partial charge in [0.05, 0.1) is 16.0 Å². The van der Waals surface area contributed by atoms with E-state index in [0.717, 1.165) is 10.5 Å². The van der Waals surface area contributed by atoms with Gasteiger partial charge in [-0.2, -0.15) is 0 Å². The van der Waals surface area contributed by atoms with Gasteiger partial charge in [-0.25, -0.2) is 4.98 Å². The molecule has 13 heteroatoms. The molecule has 0 aliphatic carbocycles. The van der Waals surface area contributed by atoms with Crippen molar-refractivity contribution in [2.45, 2.75) is 17.1 Å². The lowest BCUT2D eigenvalue weighted by Crippen LogP contribution is -2.30. The summed E-state index contributed by atoms with van der Waals surface area (Å²) in [5.41, 5.74) is 2.53. The number of rotatable bonds is 10. The van der Waals surface area contributed by atoms with Gasteiger partial charge in [-0.3, -0.25) is 14.4 Å². The first kappa shape index (κ1) is 34.5. The van der Waals surface area contributed by atoms with E-state index in [0.29, 0.717) is 47.7 Å². The van der Waals surface area contributed by atoms with Gasteiger partial charge >= 0.3 is 0 Å². The molecule has 0 aliphatic rings. The number of amides is 3. The Hall–Kier alpha value is -3.83. The number of thioether (sulfide) groups is 1. The maximum absolute atomic E-state index is 13.4. The van der Waals surface area contributed by atoms with E-state index in [1.54, 1.807) is 97.9 Å².